The highest BCUT2D eigenvalue weighted by Gasteiger charge is 2.46. The number of rotatable bonds is 2. The van der Waals surface area contributed by atoms with E-state index in [-0.39, 0.29) is 28.9 Å². The predicted molar refractivity (Wildman–Crippen MR) is 129 cm³/mol. The van der Waals surface area contributed by atoms with Crippen LogP contribution in [0.15, 0.2) is 48.8 Å². The number of carbonyl (C=O) groups is 1. The molecule has 1 fully saturated rings. The second-order valence-electron chi connectivity index (χ2n) is 9.30. The van der Waals surface area contributed by atoms with Crippen LogP contribution in [0.2, 0.25) is 0 Å². The molecule has 0 saturated carbocycles. The summed E-state index contributed by atoms with van der Waals surface area (Å²) in [6.07, 6.45) is 6.24. The fraction of sp³-hybridized carbons (Fsp3) is 0.360. The van der Waals surface area contributed by atoms with Gasteiger partial charge in [-0.25, -0.2) is 15.0 Å². The van der Waals surface area contributed by atoms with Crippen molar-refractivity contribution in [3.05, 3.63) is 65.6 Å². The summed E-state index contributed by atoms with van der Waals surface area (Å²) < 4.78 is 5.60. The zero-order valence-corrected chi connectivity index (χ0v) is 18.9. The molecular formula is C25H27N7O2. The molecule has 1 unspecified atom stereocenters. The smallest absolute Gasteiger partial charge is 0.282 e. The number of ether oxygens (including phenoxy) is 1. The van der Waals surface area contributed by atoms with E-state index in [0.29, 0.717) is 30.5 Å². The highest BCUT2D eigenvalue weighted by atomic mass is 16.5. The van der Waals surface area contributed by atoms with E-state index in [4.69, 9.17) is 16.2 Å². The van der Waals surface area contributed by atoms with Crippen molar-refractivity contribution in [1.82, 2.24) is 15.0 Å². The summed E-state index contributed by atoms with van der Waals surface area (Å²) >= 11 is 0. The van der Waals surface area contributed by atoms with Crippen molar-refractivity contribution in [3.63, 3.8) is 0 Å². The van der Waals surface area contributed by atoms with Crippen LogP contribution in [-0.4, -0.2) is 47.1 Å². The molecular weight excluding hydrogens is 430 g/mol. The van der Waals surface area contributed by atoms with Crippen LogP contribution in [0.25, 0.3) is 0 Å². The van der Waals surface area contributed by atoms with Gasteiger partial charge in [0.2, 0.25) is 0 Å². The van der Waals surface area contributed by atoms with Crippen LogP contribution >= 0.6 is 0 Å². The SMILES string of the molecule is Nc1nc(N2CCC3(CC2)Cc2ccccc2C3N)cnc1C(=O)N1CCOc2cccnc21. The molecule has 9 heteroatoms. The Kier molecular flexibility index (Phi) is 4.88. The lowest BCUT2D eigenvalue weighted by molar-refractivity contribution is 0.0971. The maximum absolute atomic E-state index is 13.2. The minimum Gasteiger partial charge on any atom is -0.488 e. The number of amides is 1. The fourth-order valence-corrected chi connectivity index (χ4v) is 5.57. The molecule has 1 atom stereocenters. The van der Waals surface area contributed by atoms with E-state index in [2.05, 4.69) is 44.1 Å². The molecule has 0 radical (unpaired) electrons. The van der Waals surface area contributed by atoms with Crippen LogP contribution in [0.1, 0.15) is 40.5 Å². The molecule has 6 rings (SSSR count). The molecule has 4 N–H and O–H groups in total. The van der Waals surface area contributed by atoms with Gasteiger partial charge in [0, 0.05) is 25.3 Å². The highest BCUT2D eigenvalue weighted by molar-refractivity contribution is 6.07. The molecule has 4 heterocycles. The number of aromatic nitrogens is 3. The molecule has 1 aromatic carbocycles. The molecule has 1 saturated heterocycles. The van der Waals surface area contributed by atoms with Gasteiger partial charge in [-0.1, -0.05) is 24.3 Å². The van der Waals surface area contributed by atoms with E-state index in [0.717, 1.165) is 32.4 Å². The maximum Gasteiger partial charge on any atom is 0.282 e. The second-order valence-corrected chi connectivity index (χ2v) is 9.30. The summed E-state index contributed by atoms with van der Waals surface area (Å²) in [5.74, 6) is 1.52. The first-order valence-corrected chi connectivity index (χ1v) is 11.7. The minimum atomic E-state index is -0.327. The fourth-order valence-electron chi connectivity index (χ4n) is 5.57. The topological polar surface area (TPSA) is 123 Å². The molecule has 1 amide bonds. The Morgan fingerprint density at radius 2 is 1.91 bits per heavy atom. The standard InChI is InChI=1S/C25H27N7O2/c26-21-17-5-2-1-4-16(17)14-25(21)7-10-31(11-8-25)19-15-29-20(22(27)30-19)24(33)32-12-13-34-18-6-3-9-28-23(18)32/h1-6,9,15,21H,7-8,10-14,26H2,(H2,27,30). The Bertz CT molecular complexity index is 1260. The molecule has 2 aliphatic heterocycles. The van der Waals surface area contributed by atoms with Crippen LogP contribution in [0.5, 0.6) is 5.75 Å². The van der Waals surface area contributed by atoms with E-state index in [9.17, 15) is 4.79 Å². The lowest BCUT2D eigenvalue weighted by Crippen LogP contribution is -2.44. The van der Waals surface area contributed by atoms with Crippen molar-refractivity contribution < 1.29 is 9.53 Å². The number of anilines is 3. The van der Waals surface area contributed by atoms with Gasteiger partial charge < -0.3 is 21.1 Å². The normalized spacial score (nSPS) is 20.6. The summed E-state index contributed by atoms with van der Waals surface area (Å²) in [5.41, 5.74) is 15.8. The van der Waals surface area contributed by atoms with Crippen LogP contribution in [0.4, 0.5) is 17.5 Å². The number of nitrogen functional groups attached to an aromatic ring is 1. The minimum absolute atomic E-state index is 0.0620. The van der Waals surface area contributed by atoms with Crippen LogP contribution in [0, 0.1) is 5.41 Å². The summed E-state index contributed by atoms with van der Waals surface area (Å²) in [5, 5.41) is 0. The number of carbonyl (C=O) groups excluding carboxylic acids is 1. The molecule has 3 aliphatic rings. The number of nitrogens with two attached hydrogens (primary N) is 2. The molecule has 1 spiro atoms. The van der Waals surface area contributed by atoms with Gasteiger partial charge in [-0.05, 0) is 47.9 Å². The molecule has 9 nitrogen and oxygen atoms in total. The maximum atomic E-state index is 13.2. The van der Waals surface area contributed by atoms with Gasteiger partial charge in [-0.2, -0.15) is 0 Å². The zero-order valence-electron chi connectivity index (χ0n) is 18.9. The lowest BCUT2D eigenvalue weighted by Gasteiger charge is -2.42. The van der Waals surface area contributed by atoms with E-state index in [1.807, 2.05) is 0 Å². The van der Waals surface area contributed by atoms with Crippen LogP contribution in [-0.2, 0) is 6.42 Å². The number of hydrogen-bond acceptors (Lipinski definition) is 8. The largest absolute Gasteiger partial charge is 0.488 e. The van der Waals surface area contributed by atoms with Crippen LogP contribution < -0.4 is 26.0 Å². The quantitative estimate of drug-likeness (QED) is 0.601. The van der Waals surface area contributed by atoms with Crippen molar-refractivity contribution in [2.75, 3.05) is 41.8 Å². The van der Waals surface area contributed by atoms with Gasteiger partial charge >= 0.3 is 0 Å². The van der Waals surface area contributed by atoms with E-state index < -0.39 is 0 Å². The second kappa shape index (κ2) is 7.95. The number of hydrogen-bond donors (Lipinski definition) is 2. The Hall–Kier alpha value is -3.72. The Labute approximate surface area is 197 Å². The summed E-state index contributed by atoms with van der Waals surface area (Å²) in [4.78, 5) is 30.2. The highest BCUT2D eigenvalue weighted by Crippen LogP contribution is 2.50. The molecule has 3 aromatic rings. The Morgan fingerprint density at radius 3 is 2.71 bits per heavy atom. The first-order chi connectivity index (χ1) is 16.6. The average molecular weight is 458 g/mol. The first kappa shape index (κ1) is 20.9. The average Bonchev–Trinajstić information content (AvgIpc) is 3.14. The van der Waals surface area contributed by atoms with Crippen molar-refractivity contribution in [1.29, 1.82) is 0 Å². The summed E-state index contributed by atoms with van der Waals surface area (Å²) in [6.45, 7) is 2.41. The van der Waals surface area contributed by atoms with Gasteiger partial charge in [-0.15, -0.1) is 0 Å². The van der Waals surface area contributed by atoms with Crippen molar-refractivity contribution >= 4 is 23.4 Å². The number of benzene rings is 1. The van der Waals surface area contributed by atoms with Gasteiger partial charge in [0.15, 0.2) is 23.1 Å². The molecule has 2 aromatic heterocycles. The van der Waals surface area contributed by atoms with Gasteiger partial charge in [-0.3, -0.25) is 9.69 Å². The number of nitrogens with zero attached hydrogens (tertiary/aromatic N) is 5. The molecule has 174 valence electrons. The van der Waals surface area contributed by atoms with Gasteiger partial charge in [0.1, 0.15) is 12.4 Å². The molecule has 0 bridgehead atoms. The summed E-state index contributed by atoms with van der Waals surface area (Å²) in [7, 11) is 0. The number of piperidine rings is 1. The summed E-state index contributed by atoms with van der Waals surface area (Å²) in [6, 6.07) is 12.1. The zero-order chi connectivity index (χ0) is 23.3. The van der Waals surface area contributed by atoms with Crippen molar-refractivity contribution in [3.8, 4) is 5.75 Å². The lowest BCUT2D eigenvalue weighted by atomic mass is 9.73. The van der Waals surface area contributed by atoms with Crippen molar-refractivity contribution in [2.24, 2.45) is 11.1 Å². The first-order valence-electron chi connectivity index (χ1n) is 11.7. The van der Waals surface area contributed by atoms with Gasteiger partial charge in [0.25, 0.3) is 5.91 Å². The number of pyridine rings is 1. The van der Waals surface area contributed by atoms with Crippen LogP contribution in [0.3, 0.4) is 0 Å². The predicted octanol–water partition coefficient (Wildman–Crippen LogP) is 2.34. The third-order valence-electron chi connectivity index (χ3n) is 7.49. The van der Waals surface area contributed by atoms with E-state index in [1.165, 1.54) is 11.1 Å². The van der Waals surface area contributed by atoms with Gasteiger partial charge in [0.05, 0.1) is 12.7 Å². The van der Waals surface area contributed by atoms with E-state index >= 15 is 0 Å². The van der Waals surface area contributed by atoms with Crippen molar-refractivity contribution in [2.45, 2.75) is 25.3 Å². The van der Waals surface area contributed by atoms with E-state index in [1.54, 1.807) is 29.4 Å². The number of fused-ring (bicyclic) bond motifs is 2. The Morgan fingerprint density at radius 1 is 1.09 bits per heavy atom. The molecule has 34 heavy (non-hydrogen) atoms. The molecule has 1 aliphatic carbocycles. The monoisotopic (exact) mass is 457 g/mol. The third kappa shape index (κ3) is 3.27. The Balaban J connectivity index is 1.18. The third-order valence-corrected chi connectivity index (χ3v) is 7.49.